The van der Waals surface area contributed by atoms with Crippen molar-refractivity contribution in [1.82, 2.24) is 0 Å². The molecule has 1 aromatic heterocycles. The van der Waals surface area contributed by atoms with Crippen LogP contribution in [0.5, 0.6) is 0 Å². The molecular formula is C31H38O11. The van der Waals surface area contributed by atoms with E-state index in [1.807, 2.05) is 27.7 Å². The molecule has 4 heterocycles. The lowest BCUT2D eigenvalue weighted by Crippen LogP contribution is -2.75. The number of carbonyl (C=O) groups excluding carboxylic acids is 4. The first-order valence-electron chi connectivity index (χ1n) is 14.4. The number of esters is 4. The monoisotopic (exact) mass is 586 g/mol. The molecular weight excluding hydrogens is 548 g/mol. The number of carbonyl (C=O) groups is 4. The first-order valence-corrected chi connectivity index (χ1v) is 14.4. The van der Waals surface area contributed by atoms with Gasteiger partial charge in [-0.3, -0.25) is 14.4 Å². The zero-order valence-corrected chi connectivity index (χ0v) is 24.9. The highest BCUT2D eigenvalue weighted by Crippen LogP contribution is 2.81. The number of rotatable bonds is 5. The maximum absolute atomic E-state index is 13.2. The van der Waals surface area contributed by atoms with Crippen molar-refractivity contribution < 1.29 is 52.4 Å². The minimum Gasteiger partial charge on any atom is -0.472 e. The Kier molecular flexibility index (Phi) is 6.14. The molecule has 0 radical (unpaired) electrons. The van der Waals surface area contributed by atoms with Gasteiger partial charge < -0.3 is 33.2 Å². The van der Waals surface area contributed by atoms with Crippen LogP contribution in [0.3, 0.4) is 0 Å². The third-order valence-electron chi connectivity index (χ3n) is 11.3. The van der Waals surface area contributed by atoms with Gasteiger partial charge in [-0.25, -0.2) is 4.79 Å². The summed E-state index contributed by atoms with van der Waals surface area (Å²) in [6.07, 6.45) is 2.55. The zero-order valence-electron chi connectivity index (χ0n) is 24.9. The summed E-state index contributed by atoms with van der Waals surface area (Å²) in [6, 6.07) is 1.74. The third kappa shape index (κ3) is 3.35. The molecule has 2 bridgehead atoms. The molecule has 5 aliphatic rings. The molecule has 0 amide bonds. The van der Waals surface area contributed by atoms with E-state index < -0.39 is 87.6 Å². The second-order valence-electron chi connectivity index (χ2n) is 13.6. The second-order valence-corrected chi connectivity index (χ2v) is 13.6. The van der Waals surface area contributed by atoms with E-state index in [0.29, 0.717) is 24.0 Å². The van der Waals surface area contributed by atoms with Crippen molar-refractivity contribution in [2.45, 2.75) is 90.5 Å². The molecule has 11 nitrogen and oxygen atoms in total. The van der Waals surface area contributed by atoms with E-state index in [1.54, 1.807) is 6.07 Å². The number of cyclic esters (lactones) is 1. The van der Waals surface area contributed by atoms with Gasteiger partial charge in [0.25, 0.3) is 0 Å². The molecule has 42 heavy (non-hydrogen) atoms. The van der Waals surface area contributed by atoms with Gasteiger partial charge in [-0.05, 0) is 30.4 Å². The van der Waals surface area contributed by atoms with Crippen LogP contribution in [-0.2, 0) is 42.9 Å². The average molecular weight is 587 g/mol. The Hall–Kier alpha value is -3.18. The van der Waals surface area contributed by atoms with E-state index >= 15 is 0 Å². The van der Waals surface area contributed by atoms with Crippen molar-refractivity contribution in [3.63, 3.8) is 0 Å². The highest BCUT2D eigenvalue weighted by Gasteiger charge is 2.90. The highest BCUT2D eigenvalue weighted by molar-refractivity contribution is 5.85. The van der Waals surface area contributed by atoms with Crippen molar-refractivity contribution in [3.05, 3.63) is 35.8 Å². The summed E-state index contributed by atoms with van der Waals surface area (Å²) in [7, 11) is 1.30. The van der Waals surface area contributed by atoms with Crippen molar-refractivity contribution in [1.29, 1.82) is 0 Å². The normalized spacial score (nSPS) is 44.3. The Morgan fingerprint density at radius 2 is 1.74 bits per heavy atom. The molecule has 1 aromatic rings. The second kappa shape index (κ2) is 8.92. The number of hydrogen-bond donors (Lipinski definition) is 1. The van der Waals surface area contributed by atoms with E-state index in [-0.39, 0.29) is 6.42 Å². The summed E-state index contributed by atoms with van der Waals surface area (Å²) >= 11 is 0. The molecule has 228 valence electrons. The lowest BCUT2D eigenvalue weighted by atomic mass is 9.37. The Bertz CT molecular complexity index is 1380. The van der Waals surface area contributed by atoms with Crippen LogP contribution in [-0.4, -0.2) is 59.7 Å². The number of methoxy groups -OCH3 is 1. The van der Waals surface area contributed by atoms with Crippen LogP contribution in [0.15, 0.2) is 34.7 Å². The molecule has 10 atom stereocenters. The third-order valence-corrected chi connectivity index (χ3v) is 11.3. The molecule has 2 saturated heterocycles. The zero-order chi connectivity index (χ0) is 30.6. The van der Waals surface area contributed by atoms with Crippen LogP contribution >= 0.6 is 0 Å². The van der Waals surface area contributed by atoms with Crippen LogP contribution in [0.4, 0.5) is 0 Å². The number of aliphatic hydroxyl groups is 1. The summed E-state index contributed by atoms with van der Waals surface area (Å²) in [5.74, 6) is -6.37. The molecule has 11 heteroatoms. The van der Waals surface area contributed by atoms with Gasteiger partial charge in [0, 0.05) is 54.1 Å². The lowest BCUT2D eigenvalue weighted by molar-refractivity contribution is -0.326. The van der Waals surface area contributed by atoms with Gasteiger partial charge in [-0.1, -0.05) is 27.7 Å². The van der Waals surface area contributed by atoms with Gasteiger partial charge in [0.2, 0.25) is 0 Å². The minimum atomic E-state index is -2.00. The van der Waals surface area contributed by atoms with Gasteiger partial charge in [0.15, 0.2) is 5.79 Å². The minimum absolute atomic E-state index is 0.0725. The van der Waals surface area contributed by atoms with Crippen LogP contribution in [0.2, 0.25) is 0 Å². The van der Waals surface area contributed by atoms with Crippen molar-refractivity contribution in [2.75, 3.05) is 7.11 Å². The predicted octanol–water partition coefficient (Wildman–Crippen LogP) is 3.40. The highest BCUT2D eigenvalue weighted by atomic mass is 16.7. The van der Waals surface area contributed by atoms with Crippen molar-refractivity contribution in [2.24, 2.45) is 34.0 Å². The molecule has 2 saturated carbocycles. The Morgan fingerprint density at radius 1 is 1.07 bits per heavy atom. The van der Waals surface area contributed by atoms with E-state index in [2.05, 4.69) is 0 Å². The standard InChI is InChI=1S/C31H38O11/c1-15(32)39-25-23-26(40-16(2)33)30-18(29(6,31(23,36)42-30)19(27(25,3)4)12-21(34)37-7)8-10-28(5)20(30)13-22(35)41-24(28)17-9-11-38-14-17/h9,11,13-14,18-19,23-26,36H,8,10,12H2,1-7H3/t18?,19?,23-,24+,25?,26-,28-,29-,30+,31-/m1/s1. The van der Waals surface area contributed by atoms with E-state index in [4.69, 9.17) is 28.1 Å². The fourth-order valence-corrected chi connectivity index (χ4v) is 9.79. The number of furan rings is 1. The van der Waals surface area contributed by atoms with Crippen molar-refractivity contribution in [3.8, 4) is 0 Å². The van der Waals surface area contributed by atoms with Gasteiger partial charge in [0.1, 0.15) is 23.9 Å². The van der Waals surface area contributed by atoms with Gasteiger partial charge in [-0.15, -0.1) is 0 Å². The van der Waals surface area contributed by atoms with Gasteiger partial charge in [0.05, 0.1) is 25.6 Å². The smallest absolute Gasteiger partial charge is 0.331 e. The summed E-state index contributed by atoms with van der Waals surface area (Å²) in [6.45, 7) is 10.2. The lowest BCUT2D eigenvalue weighted by Gasteiger charge is -2.66. The first kappa shape index (κ1) is 28.9. The maximum atomic E-state index is 13.2. The molecule has 6 rings (SSSR count). The summed E-state index contributed by atoms with van der Waals surface area (Å²) in [4.78, 5) is 51.4. The summed E-state index contributed by atoms with van der Waals surface area (Å²) in [5.41, 5.74) is -3.08. The summed E-state index contributed by atoms with van der Waals surface area (Å²) in [5, 5.41) is 12.8. The molecule has 2 aliphatic carbocycles. The van der Waals surface area contributed by atoms with E-state index in [9.17, 15) is 24.3 Å². The van der Waals surface area contributed by atoms with E-state index in [1.165, 1.54) is 39.6 Å². The fraction of sp³-hybridized carbons (Fsp3) is 0.677. The topological polar surface area (TPSA) is 148 Å². The quantitative estimate of drug-likeness (QED) is 0.400. The molecule has 3 unspecified atom stereocenters. The van der Waals surface area contributed by atoms with Gasteiger partial charge in [-0.2, -0.15) is 0 Å². The SMILES string of the molecule is COC(=O)CC1C(C)(C)C(OC(C)=O)[C@@H]2[C@@H](OC(C)=O)[C@]34O[C@@]2(O)[C@]1(C)C3CC[C@]1(C)C4=CC(=O)O[C@H]1c1ccoc1. The van der Waals surface area contributed by atoms with Crippen LogP contribution in [0.25, 0.3) is 0 Å². The molecule has 3 aliphatic heterocycles. The molecule has 0 aromatic carbocycles. The number of ether oxygens (including phenoxy) is 5. The Morgan fingerprint density at radius 3 is 2.33 bits per heavy atom. The predicted molar refractivity (Wildman–Crippen MR) is 142 cm³/mol. The number of fused-ring (bicyclic) bond motifs is 2. The van der Waals surface area contributed by atoms with Crippen molar-refractivity contribution >= 4 is 23.9 Å². The fourth-order valence-electron chi connectivity index (χ4n) is 9.79. The molecule has 1 spiro atoms. The number of hydrogen-bond acceptors (Lipinski definition) is 11. The largest absolute Gasteiger partial charge is 0.472 e. The van der Waals surface area contributed by atoms with Gasteiger partial charge >= 0.3 is 23.9 Å². The molecule has 1 N–H and O–H groups in total. The average Bonchev–Trinajstić information content (AvgIpc) is 3.56. The summed E-state index contributed by atoms with van der Waals surface area (Å²) < 4.78 is 35.2. The maximum Gasteiger partial charge on any atom is 0.331 e. The molecule has 4 fully saturated rings. The first-order chi connectivity index (χ1) is 19.6. The van der Waals surface area contributed by atoms with Crippen LogP contribution in [0, 0.1) is 34.0 Å². The Labute approximate surface area is 243 Å². The van der Waals surface area contributed by atoms with E-state index in [0.717, 1.165) is 0 Å². The van der Waals surface area contributed by atoms with Crippen LogP contribution in [0.1, 0.15) is 72.5 Å². The van der Waals surface area contributed by atoms with Crippen LogP contribution < -0.4 is 0 Å². The Balaban J connectivity index is 1.62.